The third-order valence-corrected chi connectivity index (χ3v) is 5.67. The molecule has 2 aromatic carbocycles. The van der Waals surface area contributed by atoms with Crippen LogP contribution in [0.1, 0.15) is 24.0 Å². The molecule has 4 rings (SSSR count). The molecule has 1 heterocycles. The van der Waals surface area contributed by atoms with E-state index in [1.54, 1.807) is 0 Å². The van der Waals surface area contributed by atoms with Gasteiger partial charge in [-0.3, -0.25) is 9.59 Å². The lowest BCUT2D eigenvalue weighted by atomic mass is 9.75. The molecule has 1 N–H and O–H groups in total. The van der Waals surface area contributed by atoms with Crippen LogP contribution in [0.2, 0.25) is 0 Å². The van der Waals surface area contributed by atoms with Gasteiger partial charge in [0.1, 0.15) is 0 Å². The first kappa shape index (κ1) is 17.5. The van der Waals surface area contributed by atoms with Gasteiger partial charge in [-0.15, -0.1) is 0 Å². The fourth-order valence-corrected chi connectivity index (χ4v) is 4.32. The fourth-order valence-electron chi connectivity index (χ4n) is 4.32. The van der Waals surface area contributed by atoms with E-state index in [-0.39, 0.29) is 17.8 Å². The average molecular weight is 361 g/mol. The molecule has 0 unspecified atom stereocenters. The molecule has 1 amide bonds. The number of fused-ring (bicyclic) bond motifs is 1. The molecule has 1 saturated heterocycles. The zero-order valence-corrected chi connectivity index (χ0v) is 15.2. The molecule has 138 valence electrons. The quantitative estimate of drug-likeness (QED) is 0.649. The second-order valence-electron chi connectivity index (χ2n) is 7.67. The molecule has 4 nitrogen and oxygen atoms in total. The topological polar surface area (TPSA) is 55.4 Å². The number of esters is 1. The van der Waals surface area contributed by atoms with Crippen LogP contribution >= 0.6 is 0 Å². The van der Waals surface area contributed by atoms with Crippen LogP contribution in [0, 0.1) is 11.3 Å². The lowest BCUT2D eigenvalue weighted by molar-refractivity contribution is -0.146. The van der Waals surface area contributed by atoms with E-state index in [1.807, 2.05) is 54.6 Å². The third kappa shape index (κ3) is 3.52. The van der Waals surface area contributed by atoms with E-state index in [4.69, 9.17) is 4.74 Å². The number of carbonyl (C=O) groups excluding carboxylic acids is 2. The predicted molar refractivity (Wildman–Crippen MR) is 104 cm³/mol. The van der Waals surface area contributed by atoms with Crippen LogP contribution in [0.4, 0.5) is 5.69 Å². The monoisotopic (exact) mass is 361 g/mol. The first-order chi connectivity index (χ1) is 13.0. The molecular weight excluding hydrogens is 338 g/mol. The van der Waals surface area contributed by atoms with Crippen LogP contribution in [0.3, 0.4) is 0 Å². The van der Waals surface area contributed by atoms with Gasteiger partial charge in [0.2, 0.25) is 5.91 Å². The molecule has 2 fully saturated rings. The number of ether oxygens (including phenoxy) is 1. The van der Waals surface area contributed by atoms with E-state index in [0.717, 1.165) is 28.8 Å². The van der Waals surface area contributed by atoms with Crippen molar-refractivity contribution in [1.29, 1.82) is 0 Å². The summed E-state index contributed by atoms with van der Waals surface area (Å²) < 4.78 is 5.34. The Morgan fingerprint density at radius 2 is 1.85 bits per heavy atom. The van der Waals surface area contributed by atoms with Crippen LogP contribution in [0.25, 0.3) is 0 Å². The maximum Gasteiger partial charge on any atom is 0.313 e. The standard InChI is InChI=1S/C23H23NO3/c1-16-11-19-15-27-22(26)23(19,13-16)14-18-7-9-20(10-8-18)24-21(25)12-17-5-3-2-4-6-17/h2-10,19H,1,11-15H2,(H,24,25)/t19-,23+/m1/s1. The molecule has 1 aliphatic carbocycles. The maximum absolute atomic E-state index is 12.4. The Morgan fingerprint density at radius 3 is 2.59 bits per heavy atom. The van der Waals surface area contributed by atoms with Gasteiger partial charge in [-0.25, -0.2) is 0 Å². The number of cyclic esters (lactones) is 1. The number of benzene rings is 2. The molecule has 0 bridgehead atoms. The van der Waals surface area contributed by atoms with Gasteiger partial charge >= 0.3 is 5.97 Å². The van der Waals surface area contributed by atoms with Crippen LogP contribution in [0.15, 0.2) is 66.7 Å². The van der Waals surface area contributed by atoms with Crippen LogP contribution in [0.5, 0.6) is 0 Å². The van der Waals surface area contributed by atoms with Crippen molar-refractivity contribution in [2.24, 2.45) is 11.3 Å². The largest absolute Gasteiger partial charge is 0.465 e. The Morgan fingerprint density at radius 1 is 1.11 bits per heavy atom. The van der Waals surface area contributed by atoms with Gasteiger partial charge in [0.25, 0.3) is 0 Å². The van der Waals surface area contributed by atoms with Crippen molar-refractivity contribution < 1.29 is 14.3 Å². The van der Waals surface area contributed by atoms with Crippen molar-refractivity contribution in [1.82, 2.24) is 0 Å². The van der Waals surface area contributed by atoms with Crippen LogP contribution in [-0.2, 0) is 27.2 Å². The Balaban J connectivity index is 1.41. The Kier molecular flexibility index (Phi) is 4.56. The van der Waals surface area contributed by atoms with Crippen LogP contribution < -0.4 is 5.32 Å². The van der Waals surface area contributed by atoms with E-state index in [2.05, 4.69) is 11.9 Å². The number of anilines is 1. The zero-order chi connectivity index (χ0) is 18.9. The zero-order valence-electron chi connectivity index (χ0n) is 15.2. The van der Waals surface area contributed by atoms with Gasteiger partial charge in [0.15, 0.2) is 0 Å². The smallest absolute Gasteiger partial charge is 0.313 e. The van der Waals surface area contributed by atoms with E-state index in [1.165, 1.54) is 0 Å². The number of allylic oxidation sites excluding steroid dienone is 1. The number of rotatable bonds is 5. The van der Waals surface area contributed by atoms with Crippen molar-refractivity contribution in [2.75, 3.05) is 11.9 Å². The molecule has 1 saturated carbocycles. The number of hydrogen-bond donors (Lipinski definition) is 1. The Hall–Kier alpha value is -2.88. The first-order valence-electron chi connectivity index (χ1n) is 9.32. The highest BCUT2D eigenvalue weighted by molar-refractivity contribution is 5.92. The molecule has 1 aliphatic heterocycles. The summed E-state index contributed by atoms with van der Waals surface area (Å²) in [5.74, 6) is 0.105. The Labute approximate surface area is 159 Å². The SMILES string of the molecule is C=C1C[C@@H]2COC(=O)[C@]2(Cc2ccc(NC(=O)Cc3ccccc3)cc2)C1. The van der Waals surface area contributed by atoms with E-state index < -0.39 is 5.41 Å². The van der Waals surface area contributed by atoms with Gasteiger partial charge in [0, 0.05) is 11.6 Å². The molecule has 0 radical (unpaired) electrons. The van der Waals surface area contributed by atoms with E-state index in [9.17, 15) is 9.59 Å². The minimum Gasteiger partial charge on any atom is -0.465 e. The third-order valence-electron chi connectivity index (χ3n) is 5.67. The van der Waals surface area contributed by atoms with E-state index in [0.29, 0.717) is 25.9 Å². The lowest BCUT2D eigenvalue weighted by Crippen LogP contribution is -2.31. The molecule has 2 aliphatic rings. The first-order valence-corrected chi connectivity index (χ1v) is 9.32. The van der Waals surface area contributed by atoms with E-state index >= 15 is 0 Å². The number of hydrogen-bond acceptors (Lipinski definition) is 3. The summed E-state index contributed by atoms with van der Waals surface area (Å²) >= 11 is 0. The molecule has 0 spiro atoms. The molecule has 0 aromatic heterocycles. The summed E-state index contributed by atoms with van der Waals surface area (Å²) in [6.07, 6.45) is 2.60. The fraction of sp³-hybridized carbons (Fsp3) is 0.304. The van der Waals surface area contributed by atoms with Crippen LogP contribution in [-0.4, -0.2) is 18.5 Å². The number of carbonyl (C=O) groups is 2. The summed E-state index contributed by atoms with van der Waals surface area (Å²) in [6.45, 7) is 4.59. The summed E-state index contributed by atoms with van der Waals surface area (Å²) in [6, 6.07) is 17.4. The molecule has 4 heteroatoms. The summed E-state index contributed by atoms with van der Waals surface area (Å²) in [4.78, 5) is 24.6. The van der Waals surface area contributed by atoms with Gasteiger partial charge in [0.05, 0.1) is 18.4 Å². The van der Waals surface area contributed by atoms with Crippen molar-refractivity contribution in [3.8, 4) is 0 Å². The average Bonchev–Trinajstić information content (AvgIpc) is 3.12. The van der Waals surface area contributed by atoms with Gasteiger partial charge in [-0.05, 0) is 42.5 Å². The summed E-state index contributed by atoms with van der Waals surface area (Å²) in [5.41, 5.74) is 3.52. The highest BCUT2D eigenvalue weighted by atomic mass is 16.5. The Bertz CT molecular complexity index is 872. The van der Waals surface area contributed by atoms with Gasteiger partial charge < -0.3 is 10.1 Å². The van der Waals surface area contributed by atoms with Gasteiger partial charge in [-0.1, -0.05) is 54.6 Å². The second-order valence-corrected chi connectivity index (χ2v) is 7.67. The molecule has 27 heavy (non-hydrogen) atoms. The normalized spacial score (nSPS) is 23.8. The molecule has 2 aromatic rings. The molecule has 2 atom stereocenters. The predicted octanol–water partition coefficient (Wildman–Crippen LogP) is 3.92. The summed E-state index contributed by atoms with van der Waals surface area (Å²) in [5, 5.41) is 2.93. The van der Waals surface area contributed by atoms with Crippen molar-refractivity contribution in [3.05, 3.63) is 77.9 Å². The minimum atomic E-state index is -0.449. The second kappa shape index (κ2) is 7.03. The minimum absolute atomic E-state index is 0.0425. The summed E-state index contributed by atoms with van der Waals surface area (Å²) in [7, 11) is 0. The number of amides is 1. The maximum atomic E-state index is 12.4. The van der Waals surface area contributed by atoms with Crippen molar-refractivity contribution in [3.63, 3.8) is 0 Å². The number of nitrogens with one attached hydrogen (secondary N) is 1. The highest BCUT2D eigenvalue weighted by Crippen LogP contribution is 2.52. The van der Waals surface area contributed by atoms with Crippen molar-refractivity contribution in [2.45, 2.75) is 25.7 Å². The molecular formula is C23H23NO3. The van der Waals surface area contributed by atoms with Gasteiger partial charge in [-0.2, -0.15) is 0 Å². The lowest BCUT2D eigenvalue weighted by Gasteiger charge is -2.24. The highest BCUT2D eigenvalue weighted by Gasteiger charge is 2.55. The van der Waals surface area contributed by atoms with Crippen molar-refractivity contribution >= 4 is 17.6 Å².